The average Bonchev–Trinajstić information content (AvgIpc) is 2.65. The lowest BCUT2D eigenvalue weighted by Crippen LogP contribution is -2.37. The summed E-state index contributed by atoms with van der Waals surface area (Å²) in [5.41, 5.74) is 3.09. The number of rotatable bonds is 1. The summed E-state index contributed by atoms with van der Waals surface area (Å²) in [5.74, 6) is 0.906. The van der Waals surface area contributed by atoms with Crippen molar-refractivity contribution in [3.05, 3.63) is 17.0 Å². The Bertz CT molecular complexity index is 589. The van der Waals surface area contributed by atoms with Crippen LogP contribution in [0, 0.1) is 6.92 Å². The summed E-state index contributed by atoms with van der Waals surface area (Å²) >= 11 is 6.03. The molecule has 6 heteroatoms. The van der Waals surface area contributed by atoms with Gasteiger partial charge >= 0.3 is 0 Å². The Hall–Kier alpha value is -1.33. The summed E-state index contributed by atoms with van der Waals surface area (Å²) in [6.07, 6.45) is 2.06. The molecule has 0 radical (unpaired) electrons. The molecule has 1 fully saturated rings. The highest BCUT2D eigenvalue weighted by Gasteiger charge is 2.20. The summed E-state index contributed by atoms with van der Waals surface area (Å²) < 4.78 is 7.44. The molecule has 3 heterocycles. The van der Waals surface area contributed by atoms with Crippen LogP contribution in [0.4, 0.5) is 5.82 Å². The number of morpholine rings is 1. The van der Waals surface area contributed by atoms with Crippen molar-refractivity contribution in [3.8, 4) is 0 Å². The minimum Gasteiger partial charge on any atom is -0.378 e. The van der Waals surface area contributed by atoms with Gasteiger partial charge in [-0.2, -0.15) is 4.98 Å². The van der Waals surface area contributed by atoms with Gasteiger partial charge in [-0.25, -0.2) is 4.98 Å². The van der Waals surface area contributed by atoms with E-state index in [-0.39, 0.29) is 0 Å². The van der Waals surface area contributed by atoms with E-state index in [9.17, 15) is 0 Å². The number of hydrogen-bond donors (Lipinski definition) is 0. The van der Waals surface area contributed by atoms with E-state index in [1.807, 2.05) is 14.0 Å². The van der Waals surface area contributed by atoms with Gasteiger partial charge in [0.05, 0.1) is 18.7 Å². The first-order valence-corrected chi connectivity index (χ1v) is 6.36. The lowest BCUT2D eigenvalue weighted by Gasteiger charge is -2.28. The molecule has 0 atom stereocenters. The fraction of sp³-hybridized carbons (Fsp3) is 0.500. The SMILES string of the molecule is Cc1cn(C)c2c(N3CCOCC3)nc(Cl)nc12. The number of halogens is 1. The van der Waals surface area contributed by atoms with Crippen LogP contribution in [0.25, 0.3) is 11.0 Å². The maximum Gasteiger partial charge on any atom is 0.225 e. The van der Waals surface area contributed by atoms with Gasteiger partial charge < -0.3 is 14.2 Å². The highest BCUT2D eigenvalue weighted by atomic mass is 35.5. The number of nitrogens with zero attached hydrogens (tertiary/aromatic N) is 4. The monoisotopic (exact) mass is 266 g/mol. The van der Waals surface area contributed by atoms with Crippen LogP contribution in [-0.4, -0.2) is 40.8 Å². The Balaban J connectivity index is 2.20. The number of aryl methyl sites for hydroxylation is 2. The molecule has 2 aromatic heterocycles. The lowest BCUT2D eigenvalue weighted by molar-refractivity contribution is 0.122. The summed E-state index contributed by atoms with van der Waals surface area (Å²) in [7, 11) is 2.01. The van der Waals surface area contributed by atoms with E-state index in [4.69, 9.17) is 16.3 Å². The zero-order valence-corrected chi connectivity index (χ0v) is 11.2. The van der Waals surface area contributed by atoms with Crippen molar-refractivity contribution in [2.45, 2.75) is 6.92 Å². The van der Waals surface area contributed by atoms with Gasteiger partial charge in [-0.1, -0.05) is 0 Å². The first-order chi connectivity index (χ1) is 8.66. The van der Waals surface area contributed by atoms with Gasteiger partial charge in [0.15, 0.2) is 5.82 Å². The van der Waals surface area contributed by atoms with E-state index < -0.39 is 0 Å². The fourth-order valence-electron chi connectivity index (χ4n) is 2.43. The van der Waals surface area contributed by atoms with Crippen LogP contribution in [0.2, 0.25) is 5.28 Å². The molecule has 0 bridgehead atoms. The molecule has 1 aliphatic rings. The number of ether oxygens (including phenoxy) is 1. The molecular formula is C12H15ClN4O. The summed E-state index contributed by atoms with van der Waals surface area (Å²) in [4.78, 5) is 10.9. The van der Waals surface area contributed by atoms with E-state index in [1.165, 1.54) is 0 Å². The predicted molar refractivity (Wildman–Crippen MR) is 71.3 cm³/mol. The molecule has 0 aliphatic carbocycles. The van der Waals surface area contributed by atoms with Crippen molar-refractivity contribution in [3.63, 3.8) is 0 Å². The van der Waals surface area contributed by atoms with Crippen LogP contribution < -0.4 is 4.90 Å². The van der Waals surface area contributed by atoms with Crippen molar-refractivity contribution in [2.75, 3.05) is 31.2 Å². The second kappa shape index (κ2) is 4.40. The third-order valence-electron chi connectivity index (χ3n) is 3.26. The molecule has 0 N–H and O–H groups in total. The number of hydrogen-bond acceptors (Lipinski definition) is 4. The predicted octanol–water partition coefficient (Wildman–Crippen LogP) is 1.77. The zero-order chi connectivity index (χ0) is 12.7. The molecule has 0 saturated carbocycles. The van der Waals surface area contributed by atoms with E-state index in [0.717, 1.165) is 48.7 Å². The van der Waals surface area contributed by atoms with Crippen LogP contribution in [0.5, 0.6) is 0 Å². The Kier molecular flexibility index (Phi) is 2.87. The maximum absolute atomic E-state index is 6.03. The second-order valence-electron chi connectivity index (χ2n) is 4.54. The van der Waals surface area contributed by atoms with Gasteiger partial charge in [0.1, 0.15) is 5.52 Å². The summed E-state index contributed by atoms with van der Waals surface area (Å²) in [6.45, 7) is 5.17. The smallest absolute Gasteiger partial charge is 0.225 e. The molecule has 1 saturated heterocycles. The van der Waals surface area contributed by atoms with E-state index >= 15 is 0 Å². The van der Waals surface area contributed by atoms with Gasteiger partial charge in [-0.3, -0.25) is 0 Å². The minimum absolute atomic E-state index is 0.304. The molecule has 0 spiro atoms. The number of aromatic nitrogens is 3. The average molecular weight is 267 g/mol. The van der Waals surface area contributed by atoms with E-state index in [0.29, 0.717) is 5.28 Å². The molecule has 96 valence electrons. The summed E-state index contributed by atoms with van der Waals surface area (Å²) in [5, 5.41) is 0.304. The second-order valence-corrected chi connectivity index (χ2v) is 4.87. The Morgan fingerprint density at radius 3 is 2.72 bits per heavy atom. The largest absolute Gasteiger partial charge is 0.378 e. The highest BCUT2D eigenvalue weighted by molar-refractivity contribution is 6.28. The van der Waals surface area contributed by atoms with Crippen molar-refractivity contribution in [1.29, 1.82) is 0 Å². The minimum atomic E-state index is 0.304. The fourth-order valence-corrected chi connectivity index (χ4v) is 2.59. The van der Waals surface area contributed by atoms with Crippen LogP contribution in [0.3, 0.4) is 0 Å². The highest BCUT2D eigenvalue weighted by Crippen LogP contribution is 2.28. The lowest BCUT2D eigenvalue weighted by atomic mass is 10.3. The first-order valence-electron chi connectivity index (χ1n) is 5.98. The Morgan fingerprint density at radius 2 is 2.00 bits per heavy atom. The number of anilines is 1. The molecule has 3 rings (SSSR count). The quantitative estimate of drug-likeness (QED) is 0.738. The third kappa shape index (κ3) is 1.83. The van der Waals surface area contributed by atoms with Gasteiger partial charge in [0.25, 0.3) is 0 Å². The Labute approximate surface area is 110 Å². The van der Waals surface area contributed by atoms with E-state index in [2.05, 4.69) is 25.6 Å². The van der Waals surface area contributed by atoms with Gasteiger partial charge in [0.2, 0.25) is 5.28 Å². The van der Waals surface area contributed by atoms with Crippen LogP contribution in [-0.2, 0) is 11.8 Å². The molecule has 1 aliphatic heterocycles. The molecule has 5 nitrogen and oxygen atoms in total. The molecule has 18 heavy (non-hydrogen) atoms. The van der Waals surface area contributed by atoms with Crippen LogP contribution in [0.1, 0.15) is 5.56 Å². The standard InChI is InChI=1S/C12H15ClN4O/c1-8-7-16(2)10-9(8)14-12(13)15-11(10)17-3-5-18-6-4-17/h7H,3-6H2,1-2H3. The van der Waals surface area contributed by atoms with Gasteiger partial charge in [0, 0.05) is 26.3 Å². The molecule has 0 amide bonds. The van der Waals surface area contributed by atoms with Gasteiger partial charge in [-0.15, -0.1) is 0 Å². The van der Waals surface area contributed by atoms with Crippen LogP contribution in [0.15, 0.2) is 6.20 Å². The Morgan fingerprint density at radius 1 is 1.28 bits per heavy atom. The molecule has 2 aromatic rings. The van der Waals surface area contributed by atoms with Gasteiger partial charge in [-0.05, 0) is 24.1 Å². The first kappa shape index (κ1) is 11.7. The zero-order valence-electron chi connectivity index (χ0n) is 10.5. The number of fused-ring (bicyclic) bond motifs is 1. The normalized spacial score (nSPS) is 16.5. The van der Waals surface area contributed by atoms with Crippen molar-refractivity contribution in [2.24, 2.45) is 7.05 Å². The molecule has 0 aromatic carbocycles. The van der Waals surface area contributed by atoms with Crippen molar-refractivity contribution < 1.29 is 4.74 Å². The van der Waals surface area contributed by atoms with Crippen molar-refractivity contribution in [1.82, 2.24) is 14.5 Å². The van der Waals surface area contributed by atoms with Crippen LogP contribution >= 0.6 is 11.6 Å². The molecule has 0 unspecified atom stereocenters. The molecular weight excluding hydrogens is 252 g/mol. The van der Waals surface area contributed by atoms with E-state index in [1.54, 1.807) is 0 Å². The maximum atomic E-state index is 6.03. The van der Waals surface area contributed by atoms with Crippen molar-refractivity contribution >= 4 is 28.5 Å². The third-order valence-corrected chi connectivity index (χ3v) is 3.43. The summed E-state index contributed by atoms with van der Waals surface area (Å²) in [6, 6.07) is 0. The topological polar surface area (TPSA) is 43.2 Å².